The third-order valence-electron chi connectivity index (χ3n) is 3.45. The molecule has 0 radical (unpaired) electrons. The molecule has 106 valence electrons. The van der Waals surface area contributed by atoms with Crippen molar-refractivity contribution >= 4 is 27.3 Å². The number of nitrogen functional groups attached to an aromatic ring is 1. The molecule has 2 N–H and O–H groups in total. The molecule has 0 heterocycles. The zero-order chi connectivity index (χ0) is 14.0. The Balaban J connectivity index is 2.07. The van der Waals surface area contributed by atoms with Crippen LogP contribution in [-0.4, -0.2) is 25.2 Å². The molecule has 2 rings (SSSR count). The highest BCUT2D eigenvalue weighted by Crippen LogP contribution is 2.38. The fraction of sp³-hybridized carbons (Fsp3) is 0.538. The molecule has 1 aromatic rings. The van der Waals surface area contributed by atoms with E-state index in [1.165, 1.54) is 18.4 Å². The molecule has 1 aromatic carbocycles. The lowest BCUT2D eigenvalue weighted by atomic mass is 10.00. The Kier molecular flexibility index (Phi) is 4.40. The molecule has 0 spiro atoms. The molecular formula is C13H18FNO2S2. The standard InChI is InChI=1S/C13H18FNO2S2/c1-19(16,17)11-4-2-3-10(8-11)18-13-6-5-9(14)7-12(13)15/h5-7,10-11H,2-4,8,15H2,1H3. The van der Waals surface area contributed by atoms with Gasteiger partial charge in [0.05, 0.1) is 5.25 Å². The van der Waals surface area contributed by atoms with Gasteiger partial charge in [0.2, 0.25) is 0 Å². The van der Waals surface area contributed by atoms with E-state index in [0.717, 1.165) is 24.2 Å². The summed E-state index contributed by atoms with van der Waals surface area (Å²) in [6.07, 6.45) is 4.59. The van der Waals surface area contributed by atoms with E-state index in [1.54, 1.807) is 17.8 Å². The molecule has 0 bridgehead atoms. The van der Waals surface area contributed by atoms with Crippen molar-refractivity contribution in [2.24, 2.45) is 0 Å². The number of nitrogens with two attached hydrogens (primary N) is 1. The van der Waals surface area contributed by atoms with E-state index >= 15 is 0 Å². The van der Waals surface area contributed by atoms with E-state index in [2.05, 4.69) is 0 Å². The predicted octanol–water partition coefficient (Wildman–Crippen LogP) is 2.86. The lowest BCUT2D eigenvalue weighted by Crippen LogP contribution is -2.28. The van der Waals surface area contributed by atoms with Gasteiger partial charge < -0.3 is 5.73 Å². The second-order valence-corrected chi connectivity index (χ2v) is 8.71. The molecule has 2 atom stereocenters. The number of thioether (sulfide) groups is 1. The zero-order valence-corrected chi connectivity index (χ0v) is 12.4. The Morgan fingerprint density at radius 1 is 1.37 bits per heavy atom. The highest BCUT2D eigenvalue weighted by atomic mass is 32.2. The zero-order valence-electron chi connectivity index (χ0n) is 10.8. The summed E-state index contributed by atoms with van der Waals surface area (Å²) in [5.41, 5.74) is 6.20. The van der Waals surface area contributed by atoms with Crippen LogP contribution >= 0.6 is 11.8 Å². The molecule has 1 saturated carbocycles. The van der Waals surface area contributed by atoms with Gasteiger partial charge in [-0.05, 0) is 37.5 Å². The van der Waals surface area contributed by atoms with Crippen LogP contribution in [0.4, 0.5) is 10.1 Å². The molecule has 19 heavy (non-hydrogen) atoms. The summed E-state index contributed by atoms with van der Waals surface area (Å²) in [6.45, 7) is 0. The molecule has 3 nitrogen and oxygen atoms in total. The topological polar surface area (TPSA) is 60.2 Å². The molecule has 1 fully saturated rings. The number of hydrogen-bond acceptors (Lipinski definition) is 4. The van der Waals surface area contributed by atoms with Crippen LogP contribution in [0.2, 0.25) is 0 Å². The van der Waals surface area contributed by atoms with Crippen molar-refractivity contribution in [3.05, 3.63) is 24.0 Å². The Labute approximate surface area is 117 Å². The lowest BCUT2D eigenvalue weighted by molar-refractivity contribution is 0.495. The van der Waals surface area contributed by atoms with E-state index in [-0.39, 0.29) is 16.3 Å². The Morgan fingerprint density at radius 2 is 2.11 bits per heavy atom. The first-order valence-electron chi connectivity index (χ1n) is 6.27. The third kappa shape index (κ3) is 3.86. The summed E-state index contributed by atoms with van der Waals surface area (Å²) in [6, 6.07) is 4.36. The van der Waals surface area contributed by atoms with Crippen molar-refractivity contribution in [1.82, 2.24) is 0 Å². The molecule has 0 saturated heterocycles. The number of benzene rings is 1. The normalized spacial score (nSPS) is 24.3. The van der Waals surface area contributed by atoms with Crippen molar-refractivity contribution in [2.45, 2.75) is 41.1 Å². The first-order chi connectivity index (χ1) is 8.86. The number of halogens is 1. The number of rotatable bonds is 3. The van der Waals surface area contributed by atoms with Crippen molar-refractivity contribution in [3.8, 4) is 0 Å². The molecule has 1 aliphatic rings. The quantitative estimate of drug-likeness (QED) is 0.872. The van der Waals surface area contributed by atoms with Gasteiger partial charge in [0.15, 0.2) is 0 Å². The predicted molar refractivity (Wildman–Crippen MR) is 77.6 cm³/mol. The minimum Gasteiger partial charge on any atom is -0.398 e. The highest BCUT2D eigenvalue weighted by molar-refractivity contribution is 8.00. The minimum absolute atomic E-state index is 0.237. The maximum absolute atomic E-state index is 13.0. The maximum Gasteiger partial charge on any atom is 0.150 e. The Bertz CT molecular complexity index is 560. The average molecular weight is 303 g/mol. The second kappa shape index (κ2) is 5.71. The van der Waals surface area contributed by atoms with E-state index in [0.29, 0.717) is 12.1 Å². The largest absolute Gasteiger partial charge is 0.398 e. The van der Waals surface area contributed by atoms with Crippen LogP contribution in [0.15, 0.2) is 23.1 Å². The molecular weight excluding hydrogens is 285 g/mol. The minimum atomic E-state index is -2.97. The fourth-order valence-corrected chi connectivity index (χ4v) is 5.02. The average Bonchev–Trinajstić information content (AvgIpc) is 2.32. The first kappa shape index (κ1) is 14.7. The van der Waals surface area contributed by atoms with Crippen molar-refractivity contribution in [1.29, 1.82) is 0 Å². The van der Waals surface area contributed by atoms with Crippen LogP contribution in [0, 0.1) is 5.82 Å². The summed E-state index contributed by atoms with van der Waals surface area (Å²) in [4.78, 5) is 0.834. The van der Waals surface area contributed by atoms with Crippen LogP contribution in [0.1, 0.15) is 25.7 Å². The van der Waals surface area contributed by atoms with Crippen molar-refractivity contribution in [2.75, 3.05) is 12.0 Å². The number of hydrogen-bond donors (Lipinski definition) is 1. The van der Waals surface area contributed by atoms with E-state index in [9.17, 15) is 12.8 Å². The van der Waals surface area contributed by atoms with Crippen LogP contribution < -0.4 is 5.73 Å². The monoisotopic (exact) mass is 303 g/mol. The first-order valence-corrected chi connectivity index (χ1v) is 9.10. The summed E-state index contributed by atoms with van der Waals surface area (Å²) in [7, 11) is -2.97. The molecule has 0 aliphatic heterocycles. The van der Waals surface area contributed by atoms with Gasteiger partial charge in [0.1, 0.15) is 15.7 Å². The van der Waals surface area contributed by atoms with E-state index < -0.39 is 9.84 Å². The summed E-state index contributed by atoms with van der Waals surface area (Å²) in [5.74, 6) is -0.348. The highest BCUT2D eigenvalue weighted by Gasteiger charge is 2.29. The van der Waals surface area contributed by atoms with E-state index in [4.69, 9.17) is 5.73 Å². The van der Waals surface area contributed by atoms with Crippen LogP contribution in [0.25, 0.3) is 0 Å². The smallest absolute Gasteiger partial charge is 0.150 e. The SMILES string of the molecule is CS(=O)(=O)C1CCCC(Sc2ccc(F)cc2N)C1. The van der Waals surface area contributed by atoms with Gasteiger partial charge in [-0.3, -0.25) is 0 Å². The summed E-state index contributed by atoms with van der Waals surface area (Å²) in [5, 5.41) is -0.0124. The van der Waals surface area contributed by atoms with Crippen molar-refractivity contribution < 1.29 is 12.8 Å². The lowest BCUT2D eigenvalue weighted by Gasteiger charge is -2.27. The molecule has 2 unspecified atom stereocenters. The van der Waals surface area contributed by atoms with Gasteiger partial charge >= 0.3 is 0 Å². The number of sulfone groups is 1. The van der Waals surface area contributed by atoms with Crippen molar-refractivity contribution in [3.63, 3.8) is 0 Å². The van der Waals surface area contributed by atoms with Gasteiger partial charge in [0.25, 0.3) is 0 Å². The molecule has 0 amide bonds. The fourth-order valence-electron chi connectivity index (χ4n) is 2.40. The second-order valence-electron chi connectivity index (χ2n) is 5.04. The van der Waals surface area contributed by atoms with Crippen LogP contribution in [0.3, 0.4) is 0 Å². The van der Waals surface area contributed by atoms with Gasteiger partial charge in [-0.25, -0.2) is 12.8 Å². The Morgan fingerprint density at radius 3 is 2.74 bits per heavy atom. The number of anilines is 1. The molecule has 1 aliphatic carbocycles. The Hall–Kier alpha value is -0.750. The van der Waals surface area contributed by atoms with Gasteiger partial charge in [-0.15, -0.1) is 11.8 Å². The van der Waals surface area contributed by atoms with Gasteiger partial charge in [-0.2, -0.15) is 0 Å². The van der Waals surface area contributed by atoms with Gasteiger partial charge in [-0.1, -0.05) is 6.42 Å². The third-order valence-corrected chi connectivity index (χ3v) is 6.48. The molecule has 6 heteroatoms. The molecule has 0 aromatic heterocycles. The maximum atomic E-state index is 13.0. The van der Waals surface area contributed by atoms with E-state index in [1.807, 2.05) is 0 Å². The summed E-state index contributed by atoms with van der Waals surface area (Å²) < 4.78 is 36.2. The summed E-state index contributed by atoms with van der Waals surface area (Å²) >= 11 is 1.56. The van der Waals surface area contributed by atoms with Crippen LogP contribution in [-0.2, 0) is 9.84 Å². The van der Waals surface area contributed by atoms with Gasteiger partial charge in [0, 0.05) is 22.1 Å². The van der Waals surface area contributed by atoms with Crippen LogP contribution in [0.5, 0.6) is 0 Å².